The van der Waals surface area contributed by atoms with Gasteiger partial charge < -0.3 is 10.1 Å². The van der Waals surface area contributed by atoms with Crippen LogP contribution in [0.5, 0.6) is 0 Å². The number of unbranched alkanes of at least 4 members (excludes halogenated alkanes) is 1. The summed E-state index contributed by atoms with van der Waals surface area (Å²) >= 11 is 3.45. The Labute approximate surface area is 151 Å². The molecule has 0 aliphatic heterocycles. The topological polar surface area (TPSA) is 49.4 Å². The number of hydrogen-bond acceptors (Lipinski definition) is 5. The first kappa shape index (κ1) is 18.8. The first-order valence-corrected chi connectivity index (χ1v) is 9.93. The molecule has 1 N–H and O–H groups in total. The predicted octanol–water partition coefficient (Wildman–Crippen LogP) is 3.69. The van der Waals surface area contributed by atoms with Crippen molar-refractivity contribution in [2.75, 3.05) is 6.54 Å². The molecule has 1 atom stereocenters. The fourth-order valence-electron chi connectivity index (χ4n) is 2.58. The number of amides is 1. The highest BCUT2D eigenvalue weighted by Crippen LogP contribution is 2.20. The smallest absolute Gasteiger partial charge is 0.216 e. The summed E-state index contributed by atoms with van der Waals surface area (Å²) in [5.41, 5.74) is 0. The van der Waals surface area contributed by atoms with Gasteiger partial charge in [-0.2, -0.15) is 0 Å². The normalized spacial score (nSPS) is 12.2. The maximum Gasteiger partial charge on any atom is 0.216 e. The Bertz CT molecular complexity index is 560. The molecule has 2 aromatic rings. The minimum atomic E-state index is -0.0912. The summed E-state index contributed by atoms with van der Waals surface area (Å²) in [4.78, 5) is 27.4. The van der Waals surface area contributed by atoms with Crippen molar-refractivity contribution in [2.45, 2.75) is 45.3 Å². The van der Waals surface area contributed by atoms with Gasteiger partial charge in [-0.25, -0.2) is 0 Å². The molecule has 2 rings (SSSR count). The van der Waals surface area contributed by atoms with E-state index in [-0.39, 0.29) is 11.9 Å². The van der Waals surface area contributed by atoms with E-state index in [4.69, 9.17) is 0 Å². The molecule has 0 spiro atoms. The highest BCUT2D eigenvalue weighted by molar-refractivity contribution is 7.10. The molecule has 6 heteroatoms. The summed E-state index contributed by atoms with van der Waals surface area (Å²) in [6.45, 7) is 3.80. The molecule has 0 aliphatic rings. The van der Waals surface area contributed by atoms with Gasteiger partial charge in [-0.3, -0.25) is 9.69 Å². The summed E-state index contributed by atoms with van der Waals surface area (Å²) in [7, 11) is 0. The monoisotopic (exact) mass is 364 g/mol. The third-order valence-corrected chi connectivity index (χ3v) is 5.53. The molecule has 1 amide bonds. The molecule has 0 radical (unpaired) electrons. The summed E-state index contributed by atoms with van der Waals surface area (Å²) < 4.78 is 0. The van der Waals surface area contributed by atoms with Gasteiger partial charge in [0.15, 0.2) is 0 Å². The maximum absolute atomic E-state index is 11.7. The molecule has 1 unspecified atom stereocenters. The van der Waals surface area contributed by atoms with E-state index in [0.717, 1.165) is 38.6 Å². The highest BCUT2D eigenvalue weighted by Gasteiger charge is 2.19. The maximum atomic E-state index is 11.7. The summed E-state index contributed by atoms with van der Waals surface area (Å²) in [5.74, 6) is -0.000968. The van der Waals surface area contributed by atoms with E-state index in [1.165, 1.54) is 16.7 Å². The first-order chi connectivity index (χ1) is 11.7. The third-order valence-electron chi connectivity index (χ3n) is 3.80. The minimum absolute atomic E-state index is 0.000968. The standard InChI is InChI=1S/C18H24N2O2S2/c1-15(22)19-9-3-2-6-16(14-21)20(12-17-7-4-10-23-17)13-18-8-5-11-24-18/h4-5,7-8,10-11,14,16H,2-3,6,9,12-13H2,1H3,(H,19,22). The van der Waals surface area contributed by atoms with Crippen LogP contribution in [0.25, 0.3) is 0 Å². The Hall–Kier alpha value is -1.50. The third kappa shape index (κ3) is 6.55. The number of thiophene rings is 2. The van der Waals surface area contributed by atoms with Crippen molar-refractivity contribution in [1.82, 2.24) is 10.2 Å². The van der Waals surface area contributed by atoms with Crippen LogP contribution in [0.15, 0.2) is 35.0 Å². The zero-order valence-electron chi connectivity index (χ0n) is 13.9. The van der Waals surface area contributed by atoms with Gasteiger partial charge >= 0.3 is 0 Å². The van der Waals surface area contributed by atoms with E-state index in [2.05, 4.69) is 33.1 Å². The summed E-state index contributed by atoms with van der Waals surface area (Å²) in [6, 6.07) is 8.24. The predicted molar refractivity (Wildman–Crippen MR) is 100 cm³/mol. The molecular formula is C18H24N2O2S2. The van der Waals surface area contributed by atoms with Crippen molar-refractivity contribution in [3.05, 3.63) is 44.8 Å². The average molecular weight is 365 g/mol. The van der Waals surface area contributed by atoms with Crippen LogP contribution in [0.1, 0.15) is 35.9 Å². The Morgan fingerprint density at radius 1 is 1.17 bits per heavy atom. The second-order valence-electron chi connectivity index (χ2n) is 5.75. The van der Waals surface area contributed by atoms with Crippen molar-refractivity contribution in [1.29, 1.82) is 0 Å². The van der Waals surface area contributed by atoms with Crippen LogP contribution in [-0.2, 0) is 22.7 Å². The van der Waals surface area contributed by atoms with E-state index in [0.29, 0.717) is 6.54 Å². The van der Waals surface area contributed by atoms with E-state index in [9.17, 15) is 9.59 Å². The number of carbonyl (C=O) groups is 2. The Morgan fingerprint density at radius 3 is 2.25 bits per heavy atom. The van der Waals surface area contributed by atoms with Crippen LogP contribution in [0.3, 0.4) is 0 Å². The molecule has 2 aromatic heterocycles. The van der Waals surface area contributed by atoms with Crippen LogP contribution >= 0.6 is 22.7 Å². The van der Waals surface area contributed by atoms with E-state index in [1.807, 2.05) is 12.1 Å². The number of rotatable bonds is 11. The lowest BCUT2D eigenvalue weighted by Crippen LogP contribution is -2.35. The van der Waals surface area contributed by atoms with Crippen LogP contribution in [0.4, 0.5) is 0 Å². The van der Waals surface area contributed by atoms with Crippen LogP contribution in [0, 0.1) is 0 Å². The van der Waals surface area contributed by atoms with Crippen molar-refractivity contribution in [2.24, 2.45) is 0 Å². The van der Waals surface area contributed by atoms with Gasteiger partial charge in [0.25, 0.3) is 0 Å². The quantitative estimate of drug-likeness (QED) is 0.489. The van der Waals surface area contributed by atoms with Crippen LogP contribution < -0.4 is 5.32 Å². The molecule has 2 heterocycles. The lowest BCUT2D eigenvalue weighted by atomic mass is 10.1. The Balaban J connectivity index is 1.91. The number of hydrogen-bond donors (Lipinski definition) is 1. The molecule has 0 bridgehead atoms. The van der Waals surface area contributed by atoms with Crippen molar-refractivity contribution < 1.29 is 9.59 Å². The molecule has 0 fully saturated rings. The van der Waals surface area contributed by atoms with Gasteiger partial charge in [0.05, 0.1) is 6.04 Å². The SMILES string of the molecule is CC(=O)NCCCCC(C=O)N(Cc1cccs1)Cc1cccs1. The fraction of sp³-hybridized carbons (Fsp3) is 0.444. The van der Waals surface area contributed by atoms with Gasteiger partial charge in [-0.1, -0.05) is 12.1 Å². The van der Waals surface area contributed by atoms with Gasteiger partial charge in [0.1, 0.15) is 6.29 Å². The highest BCUT2D eigenvalue weighted by atomic mass is 32.1. The van der Waals surface area contributed by atoms with Gasteiger partial charge in [-0.15, -0.1) is 22.7 Å². The Kier molecular flexibility index (Phi) is 8.15. The molecule has 0 aliphatic carbocycles. The van der Waals surface area contributed by atoms with Gasteiger partial charge in [0, 0.05) is 36.3 Å². The lowest BCUT2D eigenvalue weighted by Gasteiger charge is -2.27. The van der Waals surface area contributed by atoms with Crippen molar-refractivity contribution in [3.8, 4) is 0 Å². The zero-order chi connectivity index (χ0) is 17.2. The number of carbonyl (C=O) groups excluding carboxylic acids is 2. The summed E-state index contributed by atoms with van der Waals surface area (Å²) in [5, 5.41) is 6.94. The fourth-order valence-corrected chi connectivity index (χ4v) is 4.03. The largest absolute Gasteiger partial charge is 0.356 e. The number of nitrogens with zero attached hydrogens (tertiary/aromatic N) is 1. The van der Waals surface area contributed by atoms with Crippen molar-refractivity contribution in [3.63, 3.8) is 0 Å². The number of aldehydes is 1. The van der Waals surface area contributed by atoms with E-state index < -0.39 is 0 Å². The average Bonchev–Trinajstić information content (AvgIpc) is 3.24. The molecule has 24 heavy (non-hydrogen) atoms. The van der Waals surface area contributed by atoms with E-state index >= 15 is 0 Å². The zero-order valence-corrected chi connectivity index (χ0v) is 15.6. The first-order valence-electron chi connectivity index (χ1n) is 8.17. The lowest BCUT2D eigenvalue weighted by molar-refractivity contribution is -0.119. The molecule has 0 saturated carbocycles. The number of nitrogens with one attached hydrogen (secondary N) is 1. The second kappa shape index (κ2) is 10.4. The van der Waals surface area contributed by atoms with Gasteiger partial charge in [-0.05, 0) is 42.2 Å². The molecule has 130 valence electrons. The molecule has 4 nitrogen and oxygen atoms in total. The summed E-state index contributed by atoms with van der Waals surface area (Å²) in [6.07, 6.45) is 3.71. The van der Waals surface area contributed by atoms with Gasteiger partial charge in [0.2, 0.25) is 5.91 Å². The second-order valence-corrected chi connectivity index (χ2v) is 7.81. The van der Waals surface area contributed by atoms with E-state index in [1.54, 1.807) is 22.7 Å². The molecular weight excluding hydrogens is 340 g/mol. The van der Waals surface area contributed by atoms with Crippen LogP contribution in [-0.4, -0.2) is 29.7 Å². The minimum Gasteiger partial charge on any atom is -0.356 e. The van der Waals surface area contributed by atoms with Crippen molar-refractivity contribution >= 4 is 34.9 Å². The molecule has 0 aromatic carbocycles. The van der Waals surface area contributed by atoms with Crippen LogP contribution in [0.2, 0.25) is 0 Å². The molecule has 0 saturated heterocycles. The Morgan fingerprint density at radius 2 is 1.79 bits per heavy atom.